The van der Waals surface area contributed by atoms with Gasteiger partial charge < -0.3 is 20.1 Å². The van der Waals surface area contributed by atoms with E-state index in [0.717, 1.165) is 63.6 Å². The number of benzene rings is 2. The zero-order chi connectivity index (χ0) is 35.8. The van der Waals surface area contributed by atoms with E-state index in [4.69, 9.17) is 0 Å². The number of alkyl halides is 6. The Labute approximate surface area is 286 Å². The van der Waals surface area contributed by atoms with Gasteiger partial charge in [0, 0.05) is 17.7 Å². The van der Waals surface area contributed by atoms with Crippen LogP contribution in [0.1, 0.15) is 96.2 Å². The van der Waals surface area contributed by atoms with Gasteiger partial charge in [0.1, 0.15) is 11.5 Å². The zero-order valence-corrected chi connectivity index (χ0v) is 28.9. The Morgan fingerprint density at radius 1 is 0.837 bits per heavy atom. The van der Waals surface area contributed by atoms with Gasteiger partial charge in [0.25, 0.3) is 0 Å². The van der Waals surface area contributed by atoms with Gasteiger partial charge in [-0.25, -0.2) is 0 Å². The molecule has 49 heavy (non-hydrogen) atoms. The van der Waals surface area contributed by atoms with Crippen molar-refractivity contribution in [3.8, 4) is 11.5 Å². The molecule has 3 aliphatic rings. The average Bonchev–Trinajstić information content (AvgIpc) is 3.38. The second kappa shape index (κ2) is 14.2. The van der Waals surface area contributed by atoms with Crippen LogP contribution in [0.15, 0.2) is 73.0 Å². The van der Waals surface area contributed by atoms with E-state index in [0.29, 0.717) is 34.9 Å². The monoisotopic (exact) mass is 692 g/mol. The highest BCUT2D eigenvalue weighted by atomic mass is 19.4. The van der Waals surface area contributed by atoms with Crippen LogP contribution in [-0.2, 0) is 0 Å². The van der Waals surface area contributed by atoms with Crippen LogP contribution in [0.5, 0.6) is 11.5 Å². The van der Waals surface area contributed by atoms with Gasteiger partial charge in [-0.2, -0.15) is 0 Å². The fraction of sp³-hybridized carbons (Fsp3) is 0.590. The van der Waals surface area contributed by atoms with Crippen molar-refractivity contribution in [2.45, 2.75) is 104 Å². The zero-order valence-electron chi connectivity index (χ0n) is 28.9. The molecule has 2 N–H and O–H groups in total. The number of ether oxygens (including phenoxy) is 2. The molecule has 270 valence electrons. The highest BCUT2D eigenvalue weighted by Gasteiger charge is 2.57. The maximum absolute atomic E-state index is 12.9. The predicted octanol–water partition coefficient (Wildman–Crippen LogP) is 10.9. The van der Waals surface area contributed by atoms with Crippen LogP contribution in [0.4, 0.5) is 26.3 Å². The first-order valence-corrected chi connectivity index (χ1v) is 17.5. The molecule has 2 aromatic rings. The van der Waals surface area contributed by atoms with E-state index >= 15 is 0 Å². The van der Waals surface area contributed by atoms with Crippen LogP contribution >= 0.6 is 0 Å². The fourth-order valence-corrected chi connectivity index (χ4v) is 9.68. The van der Waals surface area contributed by atoms with E-state index in [9.17, 15) is 26.3 Å². The Morgan fingerprint density at radius 3 is 1.88 bits per heavy atom. The maximum atomic E-state index is 12.9. The van der Waals surface area contributed by atoms with Crippen molar-refractivity contribution in [1.29, 1.82) is 0 Å². The molecule has 7 atom stereocenters. The summed E-state index contributed by atoms with van der Waals surface area (Å²) in [6, 6.07) is 10.9. The second-order valence-electron chi connectivity index (χ2n) is 15.0. The first-order valence-electron chi connectivity index (χ1n) is 17.5. The van der Waals surface area contributed by atoms with E-state index in [1.165, 1.54) is 54.1 Å². The van der Waals surface area contributed by atoms with E-state index in [1.807, 2.05) is 0 Å². The lowest BCUT2D eigenvalue weighted by Crippen LogP contribution is -2.55. The van der Waals surface area contributed by atoms with Crippen molar-refractivity contribution in [1.82, 2.24) is 10.6 Å². The summed E-state index contributed by atoms with van der Waals surface area (Å²) < 4.78 is 85.3. The molecule has 3 fully saturated rings. The SMILES string of the molecule is C=C1CC[C@](C)(C2CC[C@]3(C)C(C(=C)NC(c4ccc(OC(F)(F)F)cc4)c4ccc(OC(F)(F)F)cc4)CCC3C2C)C(NCCC)C1. The smallest absolute Gasteiger partial charge is 0.406 e. The fourth-order valence-electron chi connectivity index (χ4n) is 9.68. The number of fused-ring (bicyclic) bond motifs is 1. The summed E-state index contributed by atoms with van der Waals surface area (Å²) in [5.74, 6) is 1.02. The van der Waals surface area contributed by atoms with Gasteiger partial charge in [0.15, 0.2) is 0 Å². The normalized spacial score (nSPS) is 30.6. The molecule has 5 unspecified atom stereocenters. The highest BCUT2D eigenvalue weighted by Crippen LogP contribution is 2.64. The summed E-state index contributed by atoms with van der Waals surface area (Å²) in [4.78, 5) is 0. The minimum atomic E-state index is -4.83. The molecular formula is C39H50F6N2O2. The molecule has 0 aromatic heterocycles. The molecule has 0 spiro atoms. The van der Waals surface area contributed by atoms with Gasteiger partial charge in [-0.3, -0.25) is 0 Å². The summed E-state index contributed by atoms with van der Waals surface area (Å²) in [5.41, 5.74) is 3.58. The number of hydrogen-bond acceptors (Lipinski definition) is 4. The number of halogens is 6. The van der Waals surface area contributed by atoms with Crippen molar-refractivity contribution in [3.63, 3.8) is 0 Å². The predicted molar refractivity (Wildman–Crippen MR) is 180 cm³/mol. The van der Waals surface area contributed by atoms with Crippen LogP contribution in [0.3, 0.4) is 0 Å². The Bertz CT molecular complexity index is 1400. The molecule has 0 heterocycles. The van der Waals surface area contributed by atoms with Gasteiger partial charge in [0.05, 0.1) is 6.04 Å². The van der Waals surface area contributed by atoms with Crippen LogP contribution < -0.4 is 20.1 Å². The lowest BCUT2D eigenvalue weighted by atomic mass is 9.50. The molecule has 4 nitrogen and oxygen atoms in total. The standard InChI is InChI=1S/C39H50F6N2O2/c1-7-22-46-34-23-24(2)18-20-37(34,6)32-19-21-36(5)31(25(32)3)16-17-33(36)26(4)47-35(27-8-12-29(13-9-27)48-38(40,41)42)28-10-14-30(15-11-28)49-39(43,44)45/h8-15,25,31-35,46-47H,2,4,7,16-23H2,1,3,5-6H3/t25?,31?,32?,33?,34?,36-,37+/m0/s1. The maximum Gasteiger partial charge on any atom is 0.573 e. The van der Waals surface area contributed by atoms with Crippen LogP contribution in [0, 0.1) is 34.5 Å². The quantitative estimate of drug-likeness (QED) is 0.182. The Kier molecular flexibility index (Phi) is 10.8. The molecule has 3 aliphatic carbocycles. The van der Waals surface area contributed by atoms with Crippen LogP contribution in [-0.4, -0.2) is 25.3 Å². The summed E-state index contributed by atoms with van der Waals surface area (Å²) in [7, 11) is 0. The van der Waals surface area contributed by atoms with Gasteiger partial charge in [-0.05, 0) is 122 Å². The van der Waals surface area contributed by atoms with Gasteiger partial charge in [-0.15, -0.1) is 26.3 Å². The number of nitrogens with one attached hydrogen (secondary N) is 2. The topological polar surface area (TPSA) is 42.5 Å². The molecule has 0 radical (unpaired) electrons. The lowest BCUT2D eigenvalue weighted by Gasteiger charge is -2.56. The molecule has 0 aliphatic heterocycles. The third-order valence-corrected chi connectivity index (χ3v) is 12.1. The minimum Gasteiger partial charge on any atom is -0.406 e. The highest BCUT2D eigenvalue weighted by molar-refractivity contribution is 5.39. The van der Waals surface area contributed by atoms with Crippen molar-refractivity contribution < 1.29 is 35.8 Å². The van der Waals surface area contributed by atoms with E-state index in [-0.39, 0.29) is 28.2 Å². The van der Waals surface area contributed by atoms with Crippen molar-refractivity contribution in [3.05, 3.63) is 84.1 Å². The average molecular weight is 693 g/mol. The summed E-state index contributed by atoms with van der Waals surface area (Å²) in [6.07, 6.45) is -1.11. The molecule has 0 amide bonds. The summed E-state index contributed by atoms with van der Waals surface area (Å²) >= 11 is 0. The van der Waals surface area contributed by atoms with E-state index in [1.54, 1.807) is 0 Å². The minimum absolute atomic E-state index is 0.000327. The van der Waals surface area contributed by atoms with Gasteiger partial charge >= 0.3 is 12.7 Å². The molecule has 0 bridgehead atoms. The molecular weight excluding hydrogens is 642 g/mol. The third kappa shape index (κ3) is 8.26. The Hall–Kier alpha value is -3.14. The lowest BCUT2D eigenvalue weighted by molar-refractivity contribution is -0.275. The molecule has 3 saturated carbocycles. The number of rotatable bonds is 11. The first kappa shape index (κ1) is 37.1. The van der Waals surface area contributed by atoms with Crippen molar-refractivity contribution in [2.24, 2.45) is 34.5 Å². The Balaban J connectivity index is 1.37. The number of hydrogen-bond donors (Lipinski definition) is 2. The van der Waals surface area contributed by atoms with E-state index < -0.39 is 18.8 Å². The van der Waals surface area contributed by atoms with Crippen molar-refractivity contribution >= 4 is 0 Å². The Morgan fingerprint density at radius 2 is 1.37 bits per heavy atom. The molecule has 10 heteroatoms. The van der Waals surface area contributed by atoms with Crippen LogP contribution in [0.2, 0.25) is 0 Å². The third-order valence-electron chi connectivity index (χ3n) is 12.1. The number of allylic oxidation sites excluding steroid dienone is 1. The largest absolute Gasteiger partial charge is 0.573 e. The second-order valence-corrected chi connectivity index (χ2v) is 15.0. The van der Waals surface area contributed by atoms with Crippen LogP contribution in [0.25, 0.3) is 0 Å². The van der Waals surface area contributed by atoms with Gasteiger partial charge in [-0.1, -0.05) is 70.7 Å². The summed E-state index contributed by atoms with van der Waals surface area (Å²) in [6.45, 7) is 19.4. The summed E-state index contributed by atoms with van der Waals surface area (Å²) in [5, 5.41) is 7.45. The van der Waals surface area contributed by atoms with E-state index in [2.05, 4.69) is 61.0 Å². The van der Waals surface area contributed by atoms with Gasteiger partial charge in [0.2, 0.25) is 0 Å². The molecule has 0 saturated heterocycles. The molecule has 5 rings (SSSR count). The molecule has 2 aromatic carbocycles. The van der Waals surface area contributed by atoms with Crippen molar-refractivity contribution in [2.75, 3.05) is 6.54 Å². The first-order chi connectivity index (χ1) is 22.9.